The largest absolute Gasteiger partial charge is 0.341 e. The van der Waals surface area contributed by atoms with Gasteiger partial charge in [-0.2, -0.15) is 0 Å². The van der Waals surface area contributed by atoms with Crippen LogP contribution in [0.3, 0.4) is 0 Å². The predicted molar refractivity (Wildman–Crippen MR) is 95.7 cm³/mol. The van der Waals surface area contributed by atoms with E-state index in [-0.39, 0.29) is 11.9 Å². The second-order valence-corrected chi connectivity index (χ2v) is 6.90. The molecule has 2 saturated heterocycles. The third kappa shape index (κ3) is 3.95. The van der Waals surface area contributed by atoms with Gasteiger partial charge in [-0.05, 0) is 31.4 Å². The van der Waals surface area contributed by atoms with Crippen molar-refractivity contribution in [1.82, 2.24) is 20.1 Å². The number of piperazine rings is 1. The molecule has 1 aromatic heterocycles. The van der Waals surface area contributed by atoms with Gasteiger partial charge in [0.15, 0.2) is 0 Å². The van der Waals surface area contributed by atoms with E-state index >= 15 is 0 Å². The monoisotopic (exact) mass is 330 g/mol. The first-order valence-corrected chi connectivity index (χ1v) is 9.47. The van der Waals surface area contributed by atoms with Gasteiger partial charge in [0.25, 0.3) is 0 Å². The lowest BCUT2D eigenvalue weighted by molar-refractivity contribution is -0.139. The molecule has 0 spiro atoms. The Balaban J connectivity index is 1.87. The summed E-state index contributed by atoms with van der Waals surface area (Å²) in [5, 5.41) is 3.46. The molecular formula is C19H30N4O. The molecule has 0 aromatic carbocycles. The molecule has 3 heterocycles. The van der Waals surface area contributed by atoms with Crippen LogP contribution in [-0.2, 0) is 4.79 Å². The summed E-state index contributed by atoms with van der Waals surface area (Å²) in [6.07, 6.45) is 7.58. The van der Waals surface area contributed by atoms with Crippen molar-refractivity contribution in [3.8, 4) is 0 Å². The molecule has 1 aromatic rings. The highest BCUT2D eigenvalue weighted by Crippen LogP contribution is 2.27. The average molecular weight is 330 g/mol. The highest BCUT2D eigenvalue weighted by molar-refractivity contribution is 5.83. The van der Waals surface area contributed by atoms with Gasteiger partial charge in [0, 0.05) is 45.0 Å². The molecule has 1 N–H and O–H groups in total. The van der Waals surface area contributed by atoms with Crippen LogP contribution < -0.4 is 5.32 Å². The molecule has 0 aliphatic carbocycles. The van der Waals surface area contributed by atoms with Gasteiger partial charge in [-0.15, -0.1) is 0 Å². The Kier molecular flexibility index (Phi) is 6.21. The van der Waals surface area contributed by atoms with Crippen LogP contribution in [0.2, 0.25) is 0 Å². The summed E-state index contributed by atoms with van der Waals surface area (Å²) >= 11 is 0. The van der Waals surface area contributed by atoms with Crippen LogP contribution in [-0.4, -0.2) is 59.5 Å². The minimum Gasteiger partial charge on any atom is -0.341 e. The minimum atomic E-state index is -0.239. The minimum absolute atomic E-state index is 0.239. The fourth-order valence-corrected chi connectivity index (χ4v) is 3.94. The van der Waals surface area contributed by atoms with E-state index in [0.29, 0.717) is 6.04 Å². The number of rotatable bonds is 4. The first-order valence-electron chi connectivity index (χ1n) is 9.47. The van der Waals surface area contributed by atoms with E-state index in [9.17, 15) is 4.79 Å². The molecule has 5 nitrogen and oxygen atoms in total. The van der Waals surface area contributed by atoms with Crippen molar-refractivity contribution in [1.29, 1.82) is 0 Å². The quantitative estimate of drug-likeness (QED) is 0.919. The molecule has 0 bridgehead atoms. The lowest BCUT2D eigenvalue weighted by atomic mass is 10.0. The standard InChI is InChI=1S/C19H30N4O/c1-2-16-15-20-11-14-23(16)18(17-9-5-6-10-21-17)19(24)22-12-7-3-4-8-13-22/h5-6,9-10,16,18,20H,2-4,7-8,11-15H2,1H3. The van der Waals surface area contributed by atoms with Gasteiger partial charge in [0.1, 0.15) is 6.04 Å². The zero-order valence-electron chi connectivity index (χ0n) is 14.8. The van der Waals surface area contributed by atoms with Crippen LogP contribution in [0.15, 0.2) is 24.4 Å². The van der Waals surface area contributed by atoms with Crippen LogP contribution in [0.4, 0.5) is 0 Å². The summed E-state index contributed by atoms with van der Waals surface area (Å²) in [6.45, 7) is 6.78. The number of hydrogen-bond donors (Lipinski definition) is 1. The first-order chi connectivity index (χ1) is 11.8. The van der Waals surface area contributed by atoms with Crippen molar-refractivity contribution in [2.45, 2.75) is 51.1 Å². The molecule has 0 radical (unpaired) electrons. The van der Waals surface area contributed by atoms with Crippen LogP contribution in [0, 0.1) is 0 Å². The van der Waals surface area contributed by atoms with E-state index in [1.54, 1.807) is 6.20 Å². The summed E-state index contributed by atoms with van der Waals surface area (Å²) in [4.78, 5) is 22.5. The molecule has 0 saturated carbocycles. The Bertz CT molecular complexity index is 513. The number of amides is 1. The molecule has 2 aliphatic rings. The topological polar surface area (TPSA) is 48.5 Å². The molecule has 132 valence electrons. The Labute approximate surface area is 145 Å². The van der Waals surface area contributed by atoms with Gasteiger partial charge in [-0.3, -0.25) is 14.7 Å². The highest BCUT2D eigenvalue weighted by Gasteiger charge is 2.36. The normalized spacial score (nSPS) is 24.4. The number of likely N-dealkylation sites (tertiary alicyclic amines) is 1. The third-order valence-electron chi connectivity index (χ3n) is 5.32. The molecule has 2 unspecified atom stereocenters. The van der Waals surface area contributed by atoms with Crippen molar-refractivity contribution in [3.05, 3.63) is 30.1 Å². The molecule has 3 rings (SSSR count). The fourth-order valence-electron chi connectivity index (χ4n) is 3.94. The van der Waals surface area contributed by atoms with E-state index < -0.39 is 0 Å². The second kappa shape index (κ2) is 8.58. The Morgan fingerprint density at radius 3 is 2.71 bits per heavy atom. The second-order valence-electron chi connectivity index (χ2n) is 6.90. The SMILES string of the molecule is CCC1CNCCN1C(C(=O)N1CCCCCC1)c1ccccn1. The van der Waals surface area contributed by atoms with E-state index in [1.165, 1.54) is 12.8 Å². The number of hydrogen-bond acceptors (Lipinski definition) is 4. The third-order valence-corrected chi connectivity index (χ3v) is 5.32. The first kappa shape index (κ1) is 17.4. The Hall–Kier alpha value is -1.46. The maximum Gasteiger partial charge on any atom is 0.246 e. The number of aromatic nitrogens is 1. The lowest BCUT2D eigenvalue weighted by Gasteiger charge is -2.41. The summed E-state index contributed by atoms with van der Waals surface area (Å²) in [5.41, 5.74) is 0.895. The number of pyridine rings is 1. The summed E-state index contributed by atoms with van der Waals surface area (Å²) in [7, 11) is 0. The van der Waals surface area contributed by atoms with Crippen molar-refractivity contribution >= 4 is 5.91 Å². The van der Waals surface area contributed by atoms with Crippen molar-refractivity contribution in [2.75, 3.05) is 32.7 Å². The number of nitrogens with one attached hydrogen (secondary N) is 1. The number of carbonyl (C=O) groups is 1. The van der Waals surface area contributed by atoms with E-state index in [1.807, 2.05) is 18.2 Å². The molecule has 1 amide bonds. The molecular weight excluding hydrogens is 300 g/mol. The maximum atomic E-state index is 13.4. The van der Waals surface area contributed by atoms with Crippen molar-refractivity contribution in [2.24, 2.45) is 0 Å². The summed E-state index contributed by atoms with van der Waals surface area (Å²) in [5.74, 6) is 0.246. The van der Waals surface area contributed by atoms with Crippen LogP contribution in [0.25, 0.3) is 0 Å². The highest BCUT2D eigenvalue weighted by atomic mass is 16.2. The predicted octanol–water partition coefficient (Wildman–Crippen LogP) is 2.21. The van der Waals surface area contributed by atoms with Crippen LogP contribution >= 0.6 is 0 Å². The lowest BCUT2D eigenvalue weighted by Crippen LogP contribution is -2.55. The number of nitrogens with zero attached hydrogens (tertiary/aromatic N) is 3. The Morgan fingerprint density at radius 1 is 1.25 bits per heavy atom. The zero-order chi connectivity index (χ0) is 16.8. The van der Waals surface area contributed by atoms with Crippen molar-refractivity contribution < 1.29 is 4.79 Å². The van der Waals surface area contributed by atoms with Crippen LogP contribution in [0.1, 0.15) is 50.8 Å². The van der Waals surface area contributed by atoms with Crippen molar-refractivity contribution in [3.63, 3.8) is 0 Å². The Morgan fingerprint density at radius 2 is 2.04 bits per heavy atom. The van der Waals surface area contributed by atoms with Gasteiger partial charge in [-0.25, -0.2) is 0 Å². The molecule has 2 atom stereocenters. The average Bonchev–Trinajstić information content (AvgIpc) is 2.92. The fraction of sp³-hybridized carbons (Fsp3) is 0.684. The zero-order valence-corrected chi connectivity index (χ0v) is 14.8. The molecule has 2 fully saturated rings. The summed E-state index contributed by atoms with van der Waals surface area (Å²) in [6, 6.07) is 6.08. The van der Waals surface area contributed by atoms with E-state index in [4.69, 9.17) is 0 Å². The van der Waals surface area contributed by atoms with Gasteiger partial charge in [-0.1, -0.05) is 25.8 Å². The van der Waals surface area contributed by atoms with Crippen LogP contribution in [0.5, 0.6) is 0 Å². The summed E-state index contributed by atoms with van der Waals surface area (Å²) < 4.78 is 0. The van der Waals surface area contributed by atoms with Gasteiger partial charge in [0.05, 0.1) is 5.69 Å². The van der Waals surface area contributed by atoms with E-state index in [0.717, 1.165) is 57.7 Å². The maximum absolute atomic E-state index is 13.4. The molecule has 24 heavy (non-hydrogen) atoms. The number of carbonyl (C=O) groups excluding carboxylic acids is 1. The van der Waals surface area contributed by atoms with E-state index in [2.05, 4.69) is 27.0 Å². The molecule has 5 heteroatoms. The molecule has 2 aliphatic heterocycles. The van der Waals surface area contributed by atoms with Gasteiger partial charge < -0.3 is 10.2 Å². The smallest absolute Gasteiger partial charge is 0.246 e. The van der Waals surface area contributed by atoms with Gasteiger partial charge in [0.2, 0.25) is 5.91 Å². The van der Waals surface area contributed by atoms with Gasteiger partial charge >= 0.3 is 0 Å².